The van der Waals surface area contributed by atoms with Crippen molar-refractivity contribution >= 4 is 23.6 Å². The van der Waals surface area contributed by atoms with Gasteiger partial charge in [0, 0.05) is 24.8 Å². The molecule has 158 valence electrons. The lowest BCUT2D eigenvalue weighted by atomic mass is 9.79. The summed E-state index contributed by atoms with van der Waals surface area (Å²) >= 11 is 0. The van der Waals surface area contributed by atoms with Gasteiger partial charge in [-0.05, 0) is 65.6 Å². The standard InChI is InChI=1S/C21H28BF3N2O2/c1-12(2)27-16-10-14(22-28-19(3,4)20(5,6)29-22)9-15(23)17(16)26-18(27)13-7-8-21(24,25)11-13/h9-10,12-13H,7-8,11H2,1-6H3/t13-/m1/s1. The largest absolute Gasteiger partial charge is 0.495 e. The Hall–Kier alpha value is -1.54. The molecule has 1 aromatic heterocycles. The van der Waals surface area contributed by atoms with Crippen LogP contribution in [0.1, 0.15) is 78.6 Å². The van der Waals surface area contributed by atoms with Gasteiger partial charge in [-0.3, -0.25) is 0 Å². The van der Waals surface area contributed by atoms with E-state index in [9.17, 15) is 8.78 Å². The molecular formula is C21H28BF3N2O2. The lowest BCUT2D eigenvalue weighted by molar-refractivity contribution is 0.00578. The zero-order chi connectivity index (χ0) is 21.4. The van der Waals surface area contributed by atoms with Gasteiger partial charge in [0.2, 0.25) is 5.92 Å². The molecule has 1 saturated heterocycles. The van der Waals surface area contributed by atoms with Crippen molar-refractivity contribution in [1.29, 1.82) is 0 Å². The second kappa shape index (κ2) is 6.48. The zero-order valence-corrected chi connectivity index (χ0v) is 17.9. The highest BCUT2D eigenvalue weighted by Gasteiger charge is 2.52. The fourth-order valence-corrected chi connectivity index (χ4v) is 4.31. The maximum atomic E-state index is 15.0. The fourth-order valence-electron chi connectivity index (χ4n) is 4.31. The second-order valence-electron chi connectivity index (χ2n) is 9.69. The van der Waals surface area contributed by atoms with Crippen LogP contribution in [0.15, 0.2) is 12.1 Å². The molecule has 0 unspecified atom stereocenters. The Labute approximate surface area is 169 Å². The van der Waals surface area contributed by atoms with Crippen LogP contribution < -0.4 is 5.46 Å². The van der Waals surface area contributed by atoms with Crippen molar-refractivity contribution in [2.24, 2.45) is 0 Å². The molecule has 1 aliphatic carbocycles. The highest BCUT2D eigenvalue weighted by Crippen LogP contribution is 2.45. The van der Waals surface area contributed by atoms with Gasteiger partial charge in [-0.1, -0.05) is 0 Å². The quantitative estimate of drug-likeness (QED) is 0.674. The highest BCUT2D eigenvalue weighted by molar-refractivity contribution is 6.62. The second-order valence-corrected chi connectivity index (χ2v) is 9.69. The molecule has 0 bridgehead atoms. The van der Waals surface area contributed by atoms with Crippen LogP contribution in [0.4, 0.5) is 13.2 Å². The number of fused-ring (bicyclic) bond motifs is 1. The summed E-state index contributed by atoms with van der Waals surface area (Å²) in [6.07, 6.45) is -0.0376. The Balaban J connectivity index is 1.81. The van der Waals surface area contributed by atoms with Gasteiger partial charge in [-0.15, -0.1) is 0 Å². The van der Waals surface area contributed by atoms with Gasteiger partial charge in [0.25, 0.3) is 0 Å². The highest BCUT2D eigenvalue weighted by atomic mass is 19.3. The first-order chi connectivity index (χ1) is 13.3. The molecule has 2 heterocycles. The van der Waals surface area contributed by atoms with E-state index in [2.05, 4.69) is 4.98 Å². The summed E-state index contributed by atoms with van der Waals surface area (Å²) in [5, 5.41) is 0. The predicted octanol–water partition coefficient (Wildman–Crippen LogP) is 4.96. The number of halogens is 3. The summed E-state index contributed by atoms with van der Waals surface area (Å²) < 4.78 is 56.7. The predicted molar refractivity (Wildman–Crippen MR) is 107 cm³/mol. The van der Waals surface area contributed by atoms with Gasteiger partial charge in [0.1, 0.15) is 11.3 Å². The Bertz CT molecular complexity index is 939. The van der Waals surface area contributed by atoms with Crippen LogP contribution in [-0.4, -0.2) is 33.8 Å². The maximum Gasteiger partial charge on any atom is 0.495 e. The monoisotopic (exact) mass is 408 g/mol. The third-order valence-corrected chi connectivity index (χ3v) is 6.61. The van der Waals surface area contributed by atoms with Crippen molar-refractivity contribution in [1.82, 2.24) is 9.55 Å². The van der Waals surface area contributed by atoms with Crippen molar-refractivity contribution in [2.45, 2.75) is 89.9 Å². The van der Waals surface area contributed by atoms with E-state index in [1.807, 2.05) is 52.2 Å². The van der Waals surface area contributed by atoms with Crippen molar-refractivity contribution < 1.29 is 22.5 Å². The summed E-state index contributed by atoms with van der Waals surface area (Å²) in [5.41, 5.74) is 0.294. The minimum Gasteiger partial charge on any atom is -0.399 e. The van der Waals surface area contributed by atoms with Crippen LogP contribution in [0.3, 0.4) is 0 Å². The van der Waals surface area contributed by atoms with Crippen molar-refractivity contribution in [3.8, 4) is 0 Å². The molecule has 29 heavy (non-hydrogen) atoms. The number of rotatable bonds is 3. The van der Waals surface area contributed by atoms with E-state index in [1.165, 1.54) is 6.07 Å². The summed E-state index contributed by atoms with van der Waals surface area (Å²) in [7, 11) is -0.700. The van der Waals surface area contributed by atoms with Crippen LogP contribution in [0.5, 0.6) is 0 Å². The van der Waals surface area contributed by atoms with Crippen LogP contribution in [0, 0.1) is 5.82 Å². The van der Waals surface area contributed by atoms with Crippen LogP contribution in [0.25, 0.3) is 11.0 Å². The first-order valence-corrected chi connectivity index (χ1v) is 10.3. The number of hydrogen-bond acceptors (Lipinski definition) is 3. The van der Waals surface area contributed by atoms with E-state index in [-0.39, 0.29) is 30.3 Å². The average molecular weight is 408 g/mol. The van der Waals surface area contributed by atoms with Crippen molar-refractivity contribution in [3.63, 3.8) is 0 Å². The summed E-state index contributed by atoms with van der Waals surface area (Å²) in [6.45, 7) is 11.7. The lowest BCUT2D eigenvalue weighted by Gasteiger charge is -2.32. The minimum atomic E-state index is -2.68. The molecule has 0 N–H and O–H groups in total. The molecule has 0 amide bonds. The normalized spacial score (nSPS) is 25.4. The summed E-state index contributed by atoms with van der Waals surface area (Å²) in [4.78, 5) is 4.48. The molecular weight excluding hydrogens is 380 g/mol. The molecule has 8 heteroatoms. The molecule has 2 aromatic rings. The Morgan fingerprint density at radius 1 is 1.14 bits per heavy atom. The molecule has 2 fully saturated rings. The first-order valence-electron chi connectivity index (χ1n) is 10.3. The molecule has 2 aliphatic rings. The topological polar surface area (TPSA) is 36.3 Å². The molecule has 1 atom stereocenters. The number of nitrogens with zero attached hydrogens (tertiary/aromatic N) is 2. The van der Waals surface area contributed by atoms with E-state index in [0.29, 0.717) is 23.2 Å². The number of hydrogen-bond donors (Lipinski definition) is 0. The summed E-state index contributed by atoms with van der Waals surface area (Å²) in [6, 6.07) is 3.16. The SMILES string of the molecule is CC(C)n1c([C@@H]2CCC(F)(F)C2)nc2c(F)cc(B3OC(C)(C)C(C)(C)O3)cc21. The van der Waals surface area contributed by atoms with E-state index in [4.69, 9.17) is 9.31 Å². The number of aromatic nitrogens is 2. The van der Waals surface area contributed by atoms with Crippen LogP contribution in [-0.2, 0) is 9.31 Å². The summed E-state index contributed by atoms with van der Waals surface area (Å²) in [5.74, 6) is -3.01. The van der Waals surface area contributed by atoms with Gasteiger partial charge >= 0.3 is 7.12 Å². The molecule has 4 nitrogen and oxygen atoms in total. The van der Waals surface area contributed by atoms with Gasteiger partial charge in [-0.25, -0.2) is 18.2 Å². The molecule has 4 rings (SSSR count). The molecule has 1 aliphatic heterocycles. The van der Waals surface area contributed by atoms with Gasteiger partial charge in [0.15, 0.2) is 5.82 Å². The molecule has 1 saturated carbocycles. The van der Waals surface area contributed by atoms with E-state index in [1.54, 1.807) is 0 Å². The van der Waals surface area contributed by atoms with Crippen LogP contribution >= 0.6 is 0 Å². The first kappa shape index (κ1) is 20.7. The number of benzene rings is 1. The van der Waals surface area contributed by atoms with Gasteiger partial charge < -0.3 is 13.9 Å². The zero-order valence-electron chi connectivity index (χ0n) is 17.9. The third kappa shape index (κ3) is 3.38. The third-order valence-electron chi connectivity index (χ3n) is 6.61. The molecule has 1 aromatic carbocycles. The Morgan fingerprint density at radius 2 is 1.76 bits per heavy atom. The van der Waals surface area contributed by atoms with Gasteiger partial charge in [0.05, 0.1) is 16.7 Å². The number of imidazole rings is 1. The number of alkyl halides is 2. The van der Waals surface area contributed by atoms with Crippen molar-refractivity contribution in [3.05, 3.63) is 23.8 Å². The lowest BCUT2D eigenvalue weighted by Crippen LogP contribution is -2.41. The smallest absolute Gasteiger partial charge is 0.399 e. The maximum absolute atomic E-state index is 15.0. The average Bonchev–Trinajstić information content (AvgIpc) is 3.19. The minimum absolute atomic E-state index is 0.0443. The Kier molecular flexibility index (Phi) is 4.63. The Morgan fingerprint density at radius 3 is 2.28 bits per heavy atom. The van der Waals surface area contributed by atoms with E-state index >= 15 is 4.39 Å². The van der Waals surface area contributed by atoms with Crippen LogP contribution in [0.2, 0.25) is 0 Å². The molecule has 0 radical (unpaired) electrons. The van der Waals surface area contributed by atoms with E-state index in [0.717, 1.165) is 0 Å². The van der Waals surface area contributed by atoms with E-state index < -0.39 is 30.1 Å². The van der Waals surface area contributed by atoms with Crippen molar-refractivity contribution in [2.75, 3.05) is 0 Å². The fraction of sp³-hybridized carbons (Fsp3) is 0.667. The van der Waals surface area contributed by atoms with Gasteiger partial charge in [-0.2, -0.15) is 0 Å². The molecule has 0 spiro atoms.